The molecule has 2 aromatic rings. The summed E-state index contributed by atoms with van der Waals surface area (Å²) in [6.45, 7) is 2.05. The van der Waals surface area contributed by atoms with E-state index in [1.807, 2.05) is 24.3 Å². The molecule has 0 aliphatic heterocycles. The Morgan fingerprint density at radius 3 is 2.64 bits per heavy atom. The minimum atomic E-state index is -0.632. The summed E-state index contributed by atoms with van der Waals surface area (Å²) in [5.74, 6) is 0.0797. The number of nitrogens with one attached hydrogen (secondary N) is 1. The fourth-order valence-electron chi connectivity index (χ4n) is 2.50. The summed E-state index contributed by atoms with van der Waals surface area (Å²) in [5.41, 5.74) is 2.80. The second-order valence-electron chi connectivity index (χ2n) is 5.01. The van der Waals surface area contributed by atoms with Crippen LogP contribution in [0.25, 0.3) is 0 Å². The number of rotatable bonds is 7. The molecule has 1 amide bonds. The molecule has 6 heteroatoms. The second-order valence-corrected chi connectivity index (χ2v) is 5.01. The Morgan fingerprint density at radius 2 is 2.14 bits per heavy atom. The maximum absolute atomic E-state index is 11.9. The molecule has 1 aromatic heterocycles. The third kappa shape index (κ3) is 3.65. The Bertz CT molecular complexity index is 581. The zero-order valence-corrected chi connectivity index (χ0v) is 12.7. The van der Waals surface area contributed by atoms with Crippen LogP contribution >= 0.6 is 0 Å². The number of carbonyl (C=O) groups excluding carboxylic acids is 1. The second kappa shape index (κ2) is 7.61. The number of hydrogen-bond acceptors (Lipinski definition) is 5. The van der Waals surface area contributed by atoms with Gasteiger partial charge in [-0.05, 0) is 36.5 Å². The van der Waals surface area contributed by atoms with E-state index in [9.17, 15) is 4.79 Å². The molecule has 6 nitrogen and oxygen atoms in total. The van der Waals surface area contributed by atoms with Crippen LogP contribution in [0.1, 0.15) is 43.1 Å². The van der Waals surface area contributed by atoms with Gasteiger partial charge in [-0.15, -0.1) is 0 Å². The van der Waals surface area contributed by atoms with Crippen LogP contribution in [-0.2, 0) is 4.79 Å². The largest absolute Gasteiger partial charge is 0.497 e. The first-order chi connectivity index (χ1) is 10.7. The topological polar surface area (TPSA) is 84.6 Å². The van der Waals surface area contributed by atoms with Gasteiger partial charge < -0.3 is 9.15 Å². The van der Waals surface area contributed by atoms with Crippen LogP contribution in [0.4, 0.5) is 0 Å². The van der Waals surface area contributed by atoms with Gasteiger partial charge in [-0.3, -0.25) is 10.0 Å². The Hall–Kier alpha value is -2.34. The van der Waals surface area contributed by atoms with Gasteiger partial charge in [0.15, 0.2) is 0 Å². The number of methoxy groups -OCH3 is 1. The van der Waals surface area contributed by atoms with Gasteiger partial charge in [0, 0.05) is 0 Å². The van der Waals surface area contributed by atoms with E-state index in [4.69, 9.17) is 14.4 Å². The van der Waals surface area contributed by atoms with Crippen molar-refractivity contribution in [2.45, 2.75) is 31.6 Å². The molecule has 118 valence electrons. The first kappa shape index (κ1) is 16.0. The van der Waals surface area contributed by atoms with Crippen LogP contribution in [0.5, 0.6) is 5.75 Å². The Balaban J connectivity index is 2.20. The predicted octanol–water partition coefficient (Wildman–Crippen LogP) is 2.86. The molecule has 1 aromatic carbocycles. The van der Waals surface area contributed by atoms with E-state index in [0.29, 0.717) is 12.3 Å². The third-order valence-electron chi connectivity index (χ3n) is 3.78. The van der Waals surface area contributed by atoms with Gasteiger partial charge in [0.25, 0.3) is 5.91 Å². The molecule has 2 atom stereocenters. The summed E-state index contributed by atoms with van der Waals surface area (Å²) in [4.78, 5) is 15.9. The van der Waals surface area contributed by atoms with Crippen molar-refractivity contribution in [2.24, 2.45) is 0 Å². The van der Waals surface area contributed by atoms with Crippen LogP contribution in [0.3, 0.4) is 0 Å². The molecule has 0 spiro atoms. The van der Waals surface area contributed by atoms with Gasteiger partial charge in [0.05, 0.1) is 13.3 Å². The van der Waals surface area contributed by atoms with Crippen molar-refractivity contribution in [1.29, 1.82) is 0 Å². The molecule has 0 aliphatic rings. The van der Waals surface area contributed by atoms with Crippen LogP contribution in [0.15, 0.2) is 41.1 Å². The van der Waals surface area contributed by atoms with Crippen molar-refractivity contribution in [3.05, 3.63) is 48.2 Å². The summed E-state index contributed by atoms with van der Waals surface area (Å²) in [6, 6.07) is 7.75. The number of benzene rings is 1. The van der Waals surface area contributed by atoms with Crippen molar-refractivity contribution in [1.82, 2.24) is 10.5 Å². The van der Waals surface area contributed by atoms with Crippen LogP contribution in [-0.4, -0.2) is 23.2 Å². The summed E-state index contributed by atoms with van der Waals surface area (Å²) in [7, 11) is 1.62. The van der Waals surface area contributed by atoms with Crippen molar-refractivity contribution in [3.63, 3.8) is 0 Å². The zero-order valence-electron chi connectivity index (χ0n) is 12.7. The van der Waals surface area contributed by atoms with Crippen LogP contribution < -0.4 is 10.2 Å². The zero-order chi connectivity index (χ0) is 15.9. The maximum atomic E-state index is 11.9. The van der Waals surface area contributed by atoms with Gasteiger partial charge in [0.1, 0.15) is 17.9 Å². The lowest BCUT2D eigenvalue weighted by molar-refractivity contribution is -0.131. The minimum Gasteiger partial charge on any atom is -0.497 e. The SMILES string of the molecule is CCC(CC(C(=O)NO)c1ncco1)c1ccc(OC)cc1. The number of oxazole rings is 1. The molecule has 2 rings (SSSR count). The minimum absolute atomic E-state index is 0.139. The average Bonchev–Trinajstić information content (AvgIpc) is 3.09. The highest BCUT2D eigenvalue weighted by atomic mass is 16.5. The number of amides is 1. The van der Waals surface area contributed by atoms with E-state index in [1.165, 1.54) is 12.5 Å². The Morgan fingerprint density at radius 1 is 1.41 bits per heavy atom. The highest BCUT2D eigenvalue weighted by Gasteiger charge is 2.28. The number of hydroxylamine groups is 1. The number of aromatic nitrogens is 1. The van der Waals surface area contributed by atoms with Crippen molar-refractivity contribution in [2.75, 3.05) is 7.11 Å². The molecule has 0 saturated heterocycles. The van der Waals surface area contributed by atoms with Crippen molar-refractivity contribution in [3.8, 4) is 5.75 Å². The molecule has 0 fully saturated rings. The van der Waals surface area contributed by atoms with Gasteiger partial charge in [-0.25, -0.2) is 10.5 Å². The van der Waals surface area contributed by atoms with E-state index in [-0.39, 0.29) is 5.92 Å². The first-order valence-electron chi connectivity index (χ1n) is 7.16. The molecule has 0 bridgehead atoms. The van der Waals surface area contributed by atoms with Gasteiger partial charge in [-0.1, -0.05) is 19.1 Å². The molecule has 0 saturated carbocycles. The van der Waals surface area contributed by atoms with E-state index in [1.54, 1.807) is 12.6 Å². The van der Waals surface area contributed by atoms with Gasteiger partial charge >= 0.3 is 0 Å². The quantitative estimate of drug-likeness (QED) is 0.607. The van der Waals surface area contributed by atoms with Crippen molar-refractivity contribution < 1.29 is 19.2 Å². The fraction of sp³-hybridized carbons (Fsp3) is 0.375. The normalized spacial score (nSPS) is 13.4. The number of ether oxygens (including phenoxy) is 1. The Labute approximate surface area is 129 Å². The molecule has 0 aliphatic carbocycles. The van der Waals surface area contributed by atoms with Crippen molar-refractivity contribution >= 4 is 5.91 Å². The smallest absolute Gasteiger partial charge is 0.255 e. The first-order valence-corrected chi connectivity index (χ1v) is 7.16. The fourth-order valence-corrected chi connectivity index (χ4v) is 2.50. The van der Waals surface area contributed by atoms with E-state index in [2.05, 4.69) is 11.9 Å². The highest BCUT2D eigenvalue weighted by Crippen LogP contribution is 2.32. The molecule has 2 N–H and O–H groups in total. The summed E-state index contributed by atoms with van der Waals surface area (Å²) in [5, 5.41) is 8.94. The molecule has 0 radical (unpaired) electrons. The van der Waals surface area contributed by atoms with Gasteiger partial charge in [0.2, 0.25) is 5.89 Å². The summed E-state index contributed by atoms with van der Waals surface area (Å²) >= 11 is 0. The average molecular weight is 304 g/mol. The van der Waals surface area contributed by atoms with E-state index >= 15 is 0 Å². The predicted molar refractivity (Wildman–Crippen MR) is 79.8 cm³/mol. The van der Waals surface area contributed by atoms with Crippen LogP contribution in [0.2, 0.25) is 0 Å². The number of carbonyl (C=O) groups is 1. The highest BCUT2D eigenvalue weighted by molar-refractivity contribution is 5.81. The molecule has 2 unspecified atom stereocenters. The van der Waals surface area contributed by atoms with E-state index in [0.717, 1.165) is 17.7 Å². The van der Waals surface area contributed by atoms with Crippen LogP contribution in [0, 0.1) is 0 Å². The maximum Gasteiger partial charge on any atom is 0.255 e. The lowest BCUT2D eigenvalue weighted by Gasteiger charge is -2.20. The standard InChI is InChI=1S/C16H20N2O4/c1-3-11(12-4-6-13(21-2)7-5-12)10-14(15(19)18-20)16-17-8-9-22-16/h4-9,11,14,20H,3,10H2,1-2H3,(H,18,19). The molecule has 22 heavy (non-hydrogen) atoms. The number of hydrogen-bond donors (Lipinski definition) is 2. The molecular formula is C16H20N2O4. The lowest BCUT2D eigenvalue weighted by Crippen LogP contribution is -2.27. The summed E-state index contributed by atoms with van der Waals surface area (Å²) in [6.07, 6.45) is 4.25. The van der Waals surface area contributed by atoms with Gasteiger partial charge in [-0.2, -0.15) is 0 Å². The molecular weight excluding hydrogens is 284 g/mol. The Kier molecular flexibility index (Phi) is 5.55. The number of nitrogens with zero attached hydrogens (tertiary/aromatic N) is 1. The lowest BCUT2D eigenvalue weighted by atomic mass is 9.86. The third-order valence-corrected chi connectivity index (χ3v) is 3.78. The monoisotopic (exact) mass is 304 g/mol. The summed E-state index contributed by atoms with van der Waals surface area (Å²) < 4.78 is 10.4. The molecule has 1 heterocycles. The van der Waals surface area contributed by atoms with E-state index < -0.39 is 11.8 Å².